The molecule has 0 aliphatic heterocycles. The van der Waals surface area contributed by atoms with Gasteiger partial charge in [-0.15, -0.1) is 0 Å². The Kier molecular flexibility index (Phi) is 3.79. The molecule has 0 saturated carbocycles. The van der Waals surface area contributed by atoms with Gasteiger partial charge in [0.15, 0.2) is 0 Å². The topological polar surface area (TPSA) is 29.9 Å². The third-order valence-corrected chi connectivity index (χ3v) is 3.25. The molecule has 1 N–H and O–H groups in total. The van der Waals surface area contributed by atoms with Crippen molar-refractivity contribution < 1.29 is 0 Å². The minimum atomic E-state index is 0.986. The molecule has 92 valence electrons. The van der Waals surface area contributed by atoms with E-state index in [2.05, 4.69) is 47.0 Å². The van der Waals surface area contributed by atoms with E-state index in [0.29, 0.717) is 0 Å². The average molecular weight is 231 g/mol. The Hall–Kier alpha value is -1.35. The molecule has 1 heterocycles. The van der Waals surface area contributed by atoms with Crippen LogP contribution in [0, 0.1) is 0 Å². The van der Waals surface area contributed by atoms with E-state index < -0.39 is 0 Å². The zero-order valence-electron chi connectivity index (χ0n) is 11.0. The molecular formula is C14H21N3. The second-order valence-corrected chi connectivity index (χ2v) is 4.47. The van der Waals surface area contributed by atoms with Crippen molar-refractivity contribution in [1.29, 1.82) is 0 Å². The number of rotatable bonds is 5. The van der Waals surface area contributed by atoms with E-state index in [1.807, 2.05) is 7.05 Å². The number of aromatic nitrogens is 2. The molecule has 0 amide bonds. The quantitative estimate of drug-likeness (QED) is 0.800. The third kappa shape index (κ3) is 2.50. The molecule has 0 spiro atoms. The van der Waals surface area contributed by atoms with Gasteiger partial charge >= 0.3 is 0 Å². The molecule has 17 heavy (non-hydrogen) atoms. The Bertz CT molecular complexity index is 499. The van der Waals surface area contributed by atoms with E-state index in [1.165, 1.54) is 17.5 Å². The van der Waals surface area contributed by atoms with E-state index in [4.69, 9.17) is 0 Å². The Morgan fingerprint density at radius 2 is 2.18 bits per heavy atom. The van der Waals surface area contributed by atoms with Gasteiger partial charge in [0.1, 0.15) is 5.82 Å². The van der Waals surface area contributed by atoms with Gasteiger partial charge < -0.3 is 9.88 Å². The van der Waals surface area contributed by atoms with Gasteiger partial charge in [-0.1, -0.05) is 13.0 Å². The van der Waals surface area contributed by atoms with Crippen LogP contribution >= 0.6 is 0 Å². The summed E-state index contributed by atoms with van der Waals surface area (Å²) in [4.78, 5) is 4.67. The summed E-state index contributed by atoms with van der Waals surface area (Å²) in [6.07, 6.45) is 3.28. The van der Waals surface area contributed by atoms with Gasteiger partial charge in [0, 0.05) is 13.5 Å². The molecule has 1 aromatic carbocycles. The standard InChI is InChI=1S/C14H21N3/c1-4-14-16-12-10-11(6-5-9-15-2)7-8-13(12)17(14)3/h7-8,10,15H,4-6,9H2,1-3H3. The summed E-state index contributed by atoms with van der Waals surface area (Å²) in [5.41, 5.74) is 3.75. The van der Waals surface area contributed by atoms with Gasteiger partial charge in [-0.25, -0.2) is 4.98 Å². The lowest BCUT2D eigenvalue weighted by Gasteiger charge is -2.02. The van der Waals surface area contributed by atoms with Crippen LogP contribution in [0.2, 0.25) is 0 Å². The first-order valence-electron chi connectivity index (χ1n) is 6.35. The lowest BCUT2D eigenvalue weighted by atomic mass is 10.1. The fourth-order valence-electron chi connectivity index (χ4n) is 2.24. The lowest BCUT2D eigenvalue weighted by molar-refractivity contribution is 0.725. The van der Waals surface area contributed by atoms with Gasteiger partial charge in [-0.2, -0.15) is 0 Å². The van der Waals surface area contributed by atoms with Crippen molar-refractivity contribution in [3.8, 4) is 0 Å². The van der Waals surface area contributed by atoms with E-state index in [9.17, 15) is 0 Å². The highest BCUT2D eigenvalue weighted by atomic mass is 15.1. The summed E-state index contributed by atoms with van der Waals surface area (Å²) in [6, 6.07) is 6.64. The highest BCUT2D eigenvalue weighted by molar-refractivity contribution is 5.76. The molecule has 0 aliphatic carbocycles. The number of aryl methyl sites for hydroxylation is 3. The minimum Gasteiger partial charge on any atom is -0.331 e. The van der Waals surface area contributed by atoms with E-state index in [1.54, 1.807) is 0 Å². The van der Waals surface area contributed by atoms with Crippen molar-refractivity contribution >= 4 is 11.0 Å². The zero-order chi connectivity index (χ0) is 12.3. The van der Waals surface area contributed by atoms with Crippen molar-refractivity contribution in [2.45, 2.75) is 26.2 Å². The van der Waals surface area contributed by atoms with Crippen LogP contribution < -0.4 is 5.32 Å². The van der Waals surface area contributed by atoms with E-state index in [0.717, 1.165) is 30.7 Å². The SMILES string of the molecule is CCc1nc2cc(CCCNC)ccc2n1C. The molecule has 0 saturated heterocycles. The molecule has 2 rings (SSSR count). The predicted molar refractivity (Wildman–Crippen MR) is 72.3 cm³/mol. The first kappa shape index (κ1) is 12.1. The van der Waals surface area contributed by atoms with E-state index >= 15 is 0 Å². The Morgan fingerprint density at radius 3 is 2.88 bits per heavy atom. The maximum atomic E-state index is 4.67. The van der Waals surface area contributed by atoms with E-state index in [-0.39, 0.29) is 0 Å². The number of imidazole rings is 1. The van der Waals surface area contributed by atoms with Crippen molar-refractivity contribution in [1.82, 2.24) is 14.9 Å². The van der Waals surface area contributed by atoms with Crippen LogP contribution in [0.15, 0.2) is 18.2 Å². The highest BCUT2D eigenvalue weighted by Gasteiger charge is 2.06. The fraction of sp³-hybridized carbons (Fsp3) is 0.500. The molecule has 0 radical (unpaired) electrons. The van der Waals surface area contributed by atoms with Gasteiger partial charge in [-0.05, 0) is 44.1 Å². The van der Waals surface area contributed by atoms with Crippen molar-refractivity contribution in [3.05, 3.63) is 29.6 Å². The maximum absolute atomic E-state index is 4.67. The number of nitrogens with one attached hydrogen (secondary N) is 1. The highest BCUT2D eigenvalue weighted by Crippen LogP contribution is 2.17. The number of benzene rings is 1. The largest absolute Gasteiger partial charge is 0.331 e. The summed E-state index contributed by atoms with van der Waals surface area (Å²) in [6.45, 7) is 3.22. The molecule has 0 unspecified atom stereocenters. The van der Waals surface area contributed by atoms with Crippen molar-refractivity contribution in [3.63, 3.8) is 0 Å². The predicted octanol–water partition coefficient (Wildman–Crippen LogP) is 2.29. The number of hydrogen-bond acceptors (Lipinski definition) is 2. The van der Waals surface area contributed by atoms with Gasteiger partial charge in [0.2, 0.25) is 0 Å². The Morgan fingerprint density at radius 1 is 1.35 bits per heavy atom. The molecule has 0 atom stereocenters. The fourth-order valence-corrected chi connectivity index (χ4v) is 2.24. The monoisotopic (exact) mass is 231 g/mol. The summed E-state index contributed by atoms with van der Waals surface area (Å²) in [5, 5.41) is 3.18. The maximum Gasteiger partial charge on any atom is 0.109 e. The van der Waals surface area contributed by atoms with Gasteiger partial charge in [0.05, 0.1) is 11.0 Å². The van der Waals surface area contributed by atoms with Gasteiger partial charge in [0.25, 0.3) is 0 Å². The molecular weight excluding hydrogens is 210 g/mol. The molecule has 3 nitrogen and oxygen atoms in total. The second-order valence-electron chi connectivity index (χ2n) is 4.47. The van der Waals surface area contributed by atoms with Crippen LogP contribution in [-0.2, 0) is 19.9 Å². The van der Waals surface area contributed by atoms with Crippen LogP contribution in [-0.4, -0.2) is 23.1 Å². The summed E-state index contributed by atoms with van der Waals surface area (Å²) in [5.74, 6) is 1.16. The van der Waals surface area contributed by atoms with Crippen LogP contribution in [0.25, 0.3) is 11.0 Å². The summed E-state index contributed by atoms with van der Waals surface area (Å²) < 4.78 is 2.19. The molecule has 0 fully saturated rings. The molecule has 2 aromatic rings. The number of nitrogens with zero attached hydrogens (tertiary/aromatic N) is 2. The zero-order valence-corrected chi connectivity index (χ0v) is 11.0. The first-order chi connectivity index (χ1) is 8.26. The third-order valence-electron chi connectivity index (χ3n) is 3.25. The van der Waals surface area contributed by atoms with Crippen LogP contribution in [0.1, 0.15) is 24.7 Å². The van der Waals surface area contributed by atoms with Crippen LogP contribution in [0.4, 0.5) is 0 Å². The van der Waals surface area contributed by atoms with Gasteiger partial charge in [-0.3, -0.25) is 0 Å². The molecule has 1 aromatic heterocycles. The van der Waals surface area contributed by atoms with Crippen LogP contribution in [0.5, 0.6) is 0 Å². The molecule has 3 heteroatoms. The number of hydrogen-bond donors (Lipinski definition) is 1. The second kappa shape index (κ2) is 5.32. The van der Waals surface area contributed by atoms with Crippen molar-refractivity contribution in [2.24, 2.45) is 7.05 Å². The smallest absolute Gasteiger partial charge is 0.109 e. The summed E-state index contributed by atoms with van der Waals surface area (Å²) >= 11 is 0. The Balaban J connectivity index is 2.25. The number of fused-ring (bicyclic) bond motifs is 1. The first-order valence-corrected chi connectivity index (χ1v) is 6.35. The minimum absolute atomic E-state index is 0.986. The van der Waals surface area contributed by atoms with Crippen molar-refractivity contribution in [2.75, 3.05) is 13.6 Å². The molecule has 0 bridgehead atoms. The lowest BCUT2D eigenvalue weighted by Crippen LogP contribution is -2.08. The van der Waals surface area contributed by atoms with Crippen LogP contribution in [0.3, 0.4) is 0 Å². The Labute approximate surface area is 103 Å². The normalized spacial score (nSPS) is 11.2. The summed E-state index contributed by atoms with van der Waals surface area (Å²) in [7, 11) is 4.09. The average Bonchev–Trinajstić information content (AvgIpc) is 2.66. The molecule has 0 aliphatic rings.